The van der Waals surface area contributed by atoms with Crippen molar-refractivity contribution in [1.82, 2.24) is 14.8 Å². The number of nitrogens with one attached hydrogen (secondary N) is 1. The lowest BCUT2D eigenvalue weighted by atomic mass is 10.1. The number of ether oxygens (including phenoxy) is 1. The molecule has 0 spiro atoms. The van der Waals surface area contributed by atoms with E-state index < -0.39 is 11.9 Å². The lowest BCUT2D eigenvalue weighted by molar-refractivity contribution is -0.113. The first kappa shape index (κ1) is 27.9. The molecule has 0 aliphatic heterocycles. The predicted octanol–water partition coefficient (Wildman–Crippen LogP) is 5.48. The molecule has 0 atom stereocenters. The van der Waals surface area contributed by atoms with Gasteiger partial charge in [0.2, 0.25) is 5.91 Å². The lowest BCUT2D eigenvalue weighted by Gasteiger charge is -2.13. The fraction of sp³-hybridized carbons (Fsp3) is 0.458. The first-order valence-electron chi connectivity index (χ1n) is 11.5. The Kier molecular flexibility index (Phi) is 8.96. The number of rotatable bonds is 10. The van der Waals surface area contributed by atoms with Crippen LogP contribution in [-0.4, -0.2) is 44.4 Å². The summed E-state index contributed by atoms with van der Waals surface area (Å²) in [6.07, 6.45) is -0.357. The number of thiophene rings is 2. The van der Waals surface area contributed by atoms with Crippen LogP contribution in [0.25, 0.3) is 11.4 Å². The molecule has 3 aromatic rings. The van der Waals surface area contributed by atoms with Crippen LogP contribution in [0.4, 0.5) is 5.00 Å². The topological polar surface area (TPSA) is 129 Å². The molecule has 0 unspecified atom stereocenters. The van der Waals surface area contributed by atoms with E-state index >= 15 is 0 Å². The summed E-state index contributed by atoms with van der Waals surface area (Å²) in [5, 5.41) is 14.4. The first-order valence-corrected chi connectivity index (χ1v) is 14.2. The van der Waals surface area contributed by atoms with Crippen LogP contribution in [-0.2, 0) is 9.53 Å². The molecule has 0 radical (unpaired) electrons. The van der Waals surface area contributed by atoms with Crippen LogP contribution >= 0.6 is 34.4 Å². The number of anilines is 1. The van der Waals surface area contributed by atoms with Gasteiger partial charge in [-0.1, -0.05) is 25.6 Å². The molecule has 12 heteroatoms. The van der Waals surface area contributed by atoms with Gasteiger partial charge in [0.1, 0.15) is 5.00 Å². The zero-order chi connectivity index (χ0) is 26.7. The number of aromatic nitrogens is 3. The molecule has 0 saturated carbocycles. The van der Waals surface area contributed by atoms with Gasteiger partial charge in [-0.25, -0.2) is 4.79 Å². The maximum Gasteiger partial charge on any atom is 0.341 e. The molecule has 2 amide bonds. The Morgan fingerprint density at radius 3 is 2.42 bits per heavy atom. The molecular weight excluding hydrogens is 518 g/mol. The van der Waals surface area contributed by atoms with Crippen LogP contribution in [0.2, 0.25) is 0 Å². The molecular formula is C24H31N5O4S3. The maximum atomic E-state index is 12.9. The number of esters is 1. The van der Waals surface area contributed by atoms with Crippen LogP contribution in [0.15, 0.2) is 16.6 Å². The second-order valence-electron chi connectivity index (χ2n) is 9.08. The molecule has 9 nitrogen and oxygen atoms in total. The van der Waals surface area contributed by atoms with Gasteiger partial charge in [0.05, 0.1) is 22.3 Å². The quantitative estimate of drug-likeness (QED) is 0.253. The van der Waals surface area contributed by atoms with Crippen LogP contribution in [0.1, 0.15) is 84.0 Å². The number of amides is 2. The Bertz CT molecular complexity index is 1270. The highest BCUT2D eigenvalue weighted by Crippen LogP contribution is 2.35. The van der Waals surface area contributed by atoms with Gasteiger partial charge in [-0.3, -0.25) is 14.2 Å². The Labute approximate surface area is 222 Å². The highest BCUT2D eigenvalue weighted by Gasteiger charge is 2.27. The molecule has 0 aliphatic carbocycles. The fourth-order valence-corrected chi connectivity index (χ4v) is 6.29. The molecule has 3 heterocycles. The minimum atomic E-state index is -0.669. The van der Waals surface area contributed by atoms with Crippen molar-refractivity contribution in [2.75, 3.05) is 11.1 Å². The zero-order valence-electron chi connectivity index (χ0n) is 21.4. The highest BCUT2D eigenvalue weighted by molar-refractivity contribution is 7.99. The number of nitrogens with zero attached hydrogens (tertiary/aromatic N) is 3. The number of hydrogen-bond acceptors (Lipinski definition) is 9. The van der Waals surface area contributed by atoms with Crippen LogP contribution in [0, 0.1) is 6.92 Å². The molecule has 0 saturated heterocycles. The van der Waals surface area contributed by atoms with Crippen molar-refractivity contribution in [3.05, 3.63) is 32.3 Å². The summed E-state index contributed by atoms with van der Waals surface area (Å²) < 4.78 is 7.31. The number of hydrogen-bond donors (Lipinski definition) is 2. The Morgan fingerprint density at radius 1 is 1.17 bits per heavy atom. The predicted molar refractivity (Wildman–Crippen MR) is 145 cm³/mol. The van der Waals surface area contributed by atoms with Crippen LogP contribution < -0.4 is 11.1 Å². The number of primary amides is 1. The summed E-state index contributed by atoms with van der Waals surface area (Å²) in [4.78, 5) is 38.8. The van der Waals surface area contributed by atoms with Crippen molar-refractivity contribution in [3.8, 4) is 11.4 Å². The Hall–Kier alpha value is -2.70. The number of carbonyl (C=O) groups is 3. The van der Waals surface area contributed by atoms with Gasteiger partial charge in [-0.05, 0) is 52.2 Å². The average Bonchev–Trinajstić information content (AvgIpc) is 3.48. The fourth-order valence-electron chi connectivity index (χ4n) is 3.46. The van der Waals surface area contributed by atoms with E-state index in [1.165, 1.54) is 16.6 Å². The van der Waals surface area contributed by atoms with Gasteiger partial charge in [-0.2, -0.15) is 0 Å². The summed E-state index contributed by atoms with van der Waals surface area (Å²) in [5.41, 5.74) is 7.00. The third-order valence-corrected chi connectivity index (χ3v) is 8.53. The Balaban J connectivity index is 1.80. The van der Waals surface area contributed by atoms with Crippen molar-refractivity contribution in [2.24, 2.45) is 5.73 Å². The third-order valence-electron chi connectivity index (χ3n) is 5.13. The summed E-state index contributed by atoms with van der Waals surface area (Å²) >= 11 is 3.91. The van der Waals surface area contributed by atoms with E-state index in [1.54, 1.807) is 32.1 Å². The van der Waals surface area contributed by atoms with Crippen LogP contribution in [0.3, 0.4) is 0 Å². The second-order valence-corrected chi connectivity index (χ2v) is 12.0. The smallest absolute Gasteiger partial charge is 0.341 e. The van der Waals surface area contributed by atoms with Crippen molar-refractivity contribution in [3.63, 3.8) is 0 Å². The SMILES string of the molecule is Cc1c(C(N)=O)sc(NC(=O)CSc2nnc(-c3csc(C(C)C)c3)n2C(C)C)c1C(=O)OC(C)C. The molecule has 0 aliphatic rings. The maximum absolute atomic E-state index is 12.9. The highest BCUT2D eigenvalue weighted by atomic mass is 32.2. The third kappa shape index (κ3) is 6.16. The largest absolute Gasteiger partial charge is 0.459 e. The van der Waals surface area contributed by atoms with Crippen molar-refractivity contribution >= 4 is 57.2 Å². The van der Waals surface area contributed by atoms with Gasteiger partial charge in [-0.15, -0.1) is 32.9 Å². The van der Waals surface area contributed by atoms with Gasteiger partial charge < -0.3 is 15.8 Å². The lowest BCUT2D eigenvalue weighted by Crippen LogP contribution is -2.18. The van der Waals surface area contributed by atoms with Gasteiger partial charge in [0.15, 0.2) is 11.0 Å². The van der Waals surface area contributed by atoms with E-state index in [4.69, 9.17) is 10.5 Å². The summed E-state index contributed by atoms with van der Waals surface area (Å²) in [5.74, 6) is -0.418. The summed E-state index contributed by atoms with van der Waals surface area (Å²) in [6.45, 7) is 13.4. The minimum absolute atomic E-state index is 0.0350. The summed E-state index contributed by atoms with van der Waals surface area (Å²) in [7, 11) is 0. The van der Waals surface area contributed by atoms with Crippen molar-refractivity contribution in [1.29, 1.82) is 0 Å². The normalized spacial score (nSPS) is 11.5. The van der Waals surface area contributed by atoms with Crippen LogP contribution in [0.5, 0.6) is 0 Å². The van der Waals surface area contributed by atoms with Crippen molar-refractivity contribution < 1.29 is 19.1 Å². The number of thioether (sulfide) groups is 1. The summed E-state index contributed by atoms with van der Waals surface area (Å²) in [6, 6.07) is 2.21. The van der Waals surface area contributed by atoms with Gasteiger partial charge in [0.25, 0.3) is 5.91 Å². The molecule has 36 heavy (non-hydrogen) atoms. The first-order chi connectivity index (χ1) is 16.9. The molecule has 0 fully saturated rings. The second kappa shape index (κ2) is 11.6. The van der Waals surface area contributed by atoms with E-state index in [0.29, 0.717) is 16.6 Å². The Morgan fingerprint density at radius 2 is 1.86 bits per heavy atom. The molecule has 3 aromatic heterocycles. The number of nitrogens with two attached hydrogens (primary N) is 1. The molecule has 3 rings (SSSR count). The average molecular weight is 550 g/mol. The van der Waals surface area contributed by atoms with E-state index in [9.17, 15) is 14.4 Å². The molecule has 194 valence electrons. The minimum Gasteiger partial charge on any atom is -0.459 e. The van der Waals surface area contributed by atoms with E-state index in [0.717, 1.165) is 22.7 Å². The van der Waals surface area contributed by atoms with Gasteiger partial charge >= 0.3 is 5.97 Å². The van der Waals surface area contributed by atoms with E-state index in [1.807, 2.05) is 18.4 Å². The molecule has 0 bridgehead atoms. The molecule has 0 aromatic carbocycles. The van der Waals surface area contributed by atoms with Gasteiger partial charge in [0, 0.05) is 21.9 Å². The zero-order valence-corrected chi connectivity index (χ0v) is 23.8. The van der Waals surface area contributed by atoms with E-state index in [-0.39, 0.29) is 39.2 Å². The monoisotopic (exact) mass is 549 g/mol. The van der Waals surface area contributed by atoms with E-state index in [2.05, 4.69) is 40.8 Å². The number of carbonyl (C=O) groups excluding carboxylic acids is 3. The standard InChI is InChI=1S/C24H31N5O4S3/c1-11(2)16-8-15(9-34-16)21-27-28-24(29(21)12(3)4)35-10-17(30)26-22-18(23(32)33-13(5)6)14(7)19(36-22)20(25)31/h8-9,11-13H,10H2,1-7H3,(H2,25,31)(H,26,30). The van der Waals surface area contributed by atoms with Crippen molar-refractivity contribution in [2.45, 2.75) is 71.7 Å². The molecule has 3 N–H and O–H groups in total.